The molecule has 164 valence electrons. The van der Waals surface area contributed by atoms with Crippen molar-refractivity contribution >= 4 is 23.1 Å². The van der Waals surface area contributed by atoms with Gasteiger partial charge in [-0.2, -0.15) is 13.2 Å². The lowest BCUT2D eigenvalue weighted by Gasteiger charge is -2.37. The number of aromatic nitrogens is 4. The van der Waals surface area contributed by atoms with Crippen LogP contribution in [-0.2, 0) is 6.18 Å². The Morgan fingerprint density at radius 2 is 1.87 bits per heavy atom. The van der Waals surface area contributed by atoms with Gasteiger partial charge in [-0.1, -0.05) is 25.4 Å². The molecule has 1 aliphatic rings. The highest BCUT2D eigenvalue weighted by Gasteiger charge is 2.36. The highest BCUT2D eigenvalue weighted by molar-refractivity contribution is 6.30. The third kappa shape index (κ3) is 4.16. The van der Waals surface area contributed by atoms with Crippen LogP contribution in [0.2, 0.25) is 5.02 Å². The molecule has 0 unspecified atom stereocenters. The number of nitrogens with zero attached hydrogens (tertiary/aromatic N) is 5. The summed E-state index contributed by atoms with van der Waals surface area (Å²) in [6.45, 7) is 6.52. The monoisotopic (exact) mass is 452 g/mol. The Bertz CT molecular complexity index is 1100. The van der Waals surface area contributed by atoms with Crippen LogP contribution < -0.4 is 10.2 Å². The van der Waals surface area contributed by atoms with Gasteiger partial charge < -0.3 is 14.6 Å². The van der Waals surface area contributed by atoms with Crippen LogP contribution >= 0.6 is 11.6 Å². The van der Waals surface area contributed by atoms with E-state index in [0.29, 0.717) is 36.2 Å². The topological polar surface area (TPSA) is 80.0 Å². The normalized spacial score (nSPS) is 15.0. The molecular weight excluding hydrogens is 433 g/mol. The minimum Gasteiger partial charge on any atom is -0.419 e. The van der Waals surface area contributed by atoms with Crippen LogP contribution in [0.25, 0.3) is 11.6 Å². The zero-order valence-corrected chi connectivity index (χ0v) is 17.8. The van der Waals surface area contributed by atoms with E-state index >= 15 is 0 Å². The predicted octanol–water partition coefficient (Wildman–Crippen LogP) is 5.32. The molecule has 31 heavy (non-hydrogen) atoms. The van der Waals surface area contributed by atoms with Crippen molar-refractivity contribution in [1.82, 2.24) is 20.4 Å². The Kier molecular flexibility index (Phi) is 5.50. The maximum absolute atomic E-state index is 13.6. The average Bonchev–Trinajstić information content (AvgIpc) is 3.22. The molecule has 1 aliphatic heterocycles. The Morgan fingerprint density at radius 1 is 1.10 bits per heavy atom. The standard InChI is InChI=1S/C20H20ClF3N6O/c1-10(2)18-28-29-19(31-18)15-9-16-17(27-26-15)25-6-7-30(16)11(3)13-8-12(21)4-5-14(13)20(22,23)24/h4-5,8-11H,6-7H2,1-3H3,(H,25,27)/t11-/m1/s1. The number of halogens is 4. The van der Waals surface area contributed by atoms with Crippen LogP contribution in [-0.4, -0.2) is 33.5 Å². The van der Waals surface area contributed by atoms with Crippen molar-refractivity contribution in [2.75, 3.05) is 23.3 Å². The van der Waals surface area contributed by atoms with E-state index in [0.717, 1.165) is 6.07 Å². The van der Waals surface area contributed by atoms with Crippen molar-refractivity contribution in [2.24, 2.45) is 0 Å². The van der Waals surface area contributed by atoms with E-state index in [1.165, 1.54) is 12.1 Å². The van der Waals surface area contributed by atoms with Gasteiger partial charge in [0.1, 0.15) is 0 Å². The maximum Gasteiger partial charge on any atom is 0.416 e. The van der Waals surface area contributed by atoms with Gasteiger partial charge in [0.05, 0.1) is 17.3 Å². The summed E-state index contributed by atoms with van der Waals surface area (Å²) < 4.78 is 46.5. The zero-order valence-electron chi connectivity index (χ0n) is 17.0. The first-order valence-electron chi connectivity index (χ1n) is 9.73. The van der Waals surface area contributed by atoms with Gasteiger partial charge in [-0.05, 0) is 36.8 Å². The fourth-order valence-corrected chi connectivity index (χ4v) is 3.71. The molecule has 11 heteroatoms. The number of fused-ring (bicyclic) bond motifs is 1. The van der Waals surface area contributed by atoms with Gasteiger partial charge in [-0.15, -0.1) is 20.4 Å². The highest BCUT2D eigenvalue weighted by Crippen LogP contribution is 2.41. The lowest BCUT2D eigenvalue weighted by molar-refractivity contribution is -0.138. The van der Waals surface area contributed by atoms with Crippen molar-refractivity contribution in [3.63, 3.8) is 0 Å². The lowest BCUT2D eigenvalue weighted by atomic mass is 9.98. The van der Waals surface area contributed by atoms with E-state index in [4.69, 9.17) is 16.0 Å². The average molecular weight is 453 g/mol. The summed E-state index contributed by atoms with van der Waals surface area (Å²) in [5.74, 6) is 1.19. The second-order valence-corrected chi connectivity index (χ2v) is 8.03. The van der Waals surface area contributed by atoms with Gasteiger partial charge in [0.15, 0.2) is 11.5 Å². The number of alkyl halides is 3. The van der Waals surface area contributed by atoms with Crippen molar-refractivity contribution in [3.8, 4) is 11.6 Å². The summed E-state index contributed by atoms with van der Waals surface area (Å²) in [7, 11) is 0. The molecule has 0 aliphatic carbocycles. The molecule has 7 nitrogen and oxygen atoms in total. The summed E-state index contributed by atoms with van der Waals surface area (Å²) in [6.07, 6.45) is -4.50. The van der Waals surface area contributed by atoms with Gasteiger partial charge >= 0.3 is 6.18 Å². The smallest absolute Gasteiger partial charge is 0.416 e. The predicted molar refractivity (Wildman–Crippen MR) is 110 cm³/mol. The fraction of sp³-hybridized carbons (Fsp3) is 0.400. The molecule has 3 heterocycles. The van der Waals surface area contributed by atoms with Crippen LogP contribution in [0.1, 0.15) is 49.7 Å². The minimum absolute atomic E-state index is 0.0497. The maximum atomic E-state index is 13.6. The summed E-state index contributed by atoms with van der Waals surface area (Å²) in [5, 5.41) is 19.7. The number of hydrogen-bond donors (Lipinski definition) is 1. The van der Waals surface area contributed by atoms with E-state index in [2.05, 4.69) is 25.7 Å². The molecule has 0 fully saturated rings. The molecule has 0 saturated carbocycles. The first-order chi connectivity index (χ1) is 14.6. The number of hydrogen-bond acceptors (Lipinski definition) is 7. The SMILES string of the molecule is CC(C)c1nnc(-c2cc3c(nn2)NCCN3[C@H](C)c2cc(Cl)ccc2C(F)(F)F)o1. The van der Waals surface area contributed by atoms with Gasteiger partial charge in [-0.3, -0.25) is 0 Å². The molecule has 1 atom stereocenters. The molecule has 2 aromatic heterocycles. The zero-order chi connectivity index (χ0) is 22.3. The molecule has 3 aromatic rings. The summed E-state index contributed by atoms with van der Waals surface area (Å²) in [4.78, 5) is 1.84. The summed E-state index contributed by atoms with van der Waals surface area (Å²) >= 11 is 6.04. The Balaban J connectivity index is 1.75. The van der Waals surface area contributed by atoms with Gasteiger partial charge in [0.25, 0.3) is 5.89 Å². The van der Waals surface area contributed by atoms with Crippen LogP contribution in [0.4, 0.5) is 24.7 Å². The summed E-state index contributed by atoms with van der Waals surface area (Å²) in [6, 6.07) is 4.69. The second-order valence-electron chi connectivity index (χ2n) is 7.59. The van der Waals surface area contributed by atoms with Crippen molar-refractivity contribution in [1.29, 1.82) is 0 Å². The molecule has 0 spiro atoms. The largest absolute Gasteiger partial charge is 0.419 e. The van der Waals surface area contributed by atoms with Crippen LogP contribution in [0.15, 0.2) is 28.7 Å². The van der Waals surface area contributed by atoms with Crippen molar-refractivity contribution in [3.05, 3.63) is 46.3 Å². The second kappa shape index (κ2) is 7.99. The van der Waals surface area contributed by atoms with Gasteiger partial charge in [0, 0.05) is 24.0 Å². The number of benzene rings is 1. The van der Waals surface area contributed by atoms with E-state index in [9.17, 15) is 13.2 Å². The van der Waals surface area contributed by atoms with Crippen LogP contribution in [0.5, 0.6) is 0 Å². The fourth-order valence-electron chi connectivity index (χ4n) is 3.53. The third-order valence-corrected chi connectivity index (χ3v) is 5.35. The molecule has 1 aromatic carbocycles. The number of nitrogens with one attached hydrogen (secondary N) is 1. The minimum atomic E-state index is -4.50. The van der Waals surface area contributed by atoms with Crippen LogP contribution in [0, 0.1) is 0 Å². The lowest BCUT2D eigenvalue weighted by Crippen LogP contribution is -2.37. The highest BCUT2D eigenvalue weighted by atomic mass is 35.5. The first-order valence-corrected chi connectivity index (χ1v) is 10.1. The van der Waals surface area contributed by atoms with E-state index in [1.807, 2.05) is 18.7 Å². The summed E-state index contributed by atoms with van der Waals surface area (Å²) in [5.41, 5.74) is 0.318. The molecule has 0 saturated heterocycles. The Labute approximate surface area is 181 Å². The third-order valence-electron chi connectivity index (χ3n) is 5.12. The quantitative estimate of drug-likeness (QED) is 0.574. The first kappa shape index (κ1) is 21.4. The number of rotatable bonds is 4. The Hall–Kier alpha value is -2.88. The van der Waals surface area contributed by atoms with E-state index < -0.39 is 17.8 Å². The molecular formula is C20H20ClF3N6O. The van der Waals surface area contributed by atoms with Crippen molar-refractivity contribution < 1.29 is 17.6 Å². The van der Waals surface area contributed by atoms with Gasteiger partial charge in [0.2, 0.25) is 5.89 Å². The molecule has 1 N–H and O–H groups in total. The number of anilines is 2. The van der Waals surface area contributed by atoms with Crippen LogP contribution in [0.3, 0.4) is 0 Å². The van der Waals surface area contributed by atoms with Gasteiger partial charge in [-0.25, -0.2) is 0 Å². The van der Waals surface area contributed by atoms with Crippen molar-refractivity contribution in [2.45, 2.75) is 38.9 Å². The Morgan fingerprint density at radius 3 is 2.55 bits per heavy atom. The molecule has 4 rings (SSSR count). The molecule has 0 amide bonds. The molecule has 0 bridgehead atoms. The molecule has 0 radical (unpaired) electrons. The van der Waals surface area contributed by atoms with E-state index in [1.54, 1.807) is 13.0 Å². The van der Waals surface area contributed by atoms with E-state index in [-0.39, 0.29) is 22.4 Å².